The maximum atomic E-state index is 11.4. The van der Waals surface area contributed by atoms with Crippen molar-refractivity contribution in [1.29, 1.82) is 5.26 Å². The summed E-state index contributed by atoms with van der Waals surface area (Å²) in [5, 5.41) is 8.92. The number of carbonyl (C=O) groups is 1. The average molecular weight is 204 g/mol. The van der Waals surface area contributed by atoms with Crippen molar-refractivity contribution in [3.8, 4) is 6.07 Å². The van der Waals surface area contributed by atoms with Gasteiger partial charge in [-0.25, -0.2) is 4.79 Å². The number of ether oxygens (including phenoxy) is 1. The molecular formula is C11H12N2O2. The van der Waals surface area contributed by atoms with Gasteiger partial charge in [-0.2, -0.15) is 5.26 Å². The third-order valence-electron chi connectivity index (χ3n) is 2.15. The monoisotopic (exact) mass is 204 g/mol. The minimum atomic E-state index is -0.509. The van der Waals surface area contributed by atoms with Crippen molar-refractivity contribution in [2.75, 3.05) is 7.11 Å². The molecule has 0 spiro atoms. The molecule has 0 aliphatic carbocycles. The van der Waals surface area contributed by atoms with Crippen LogP contribution in [0.5, 0.6) is 0 Å². The van der Waals surface area contributed by atoms with Gasteiger partial charge in [0.1, 0.15) is 6.07 Å². The van der Waals surface area contributed by atoms with Gasteiger partial charge in [0, 0.05) is 6.54 Å². The summed E-state index contributed by atoms with van der Waals surface area (Å²) in [6, 6.07) is 5.38. The minimum Gasteiger partial charge on any atom is -0.465 e. The van der Waals surface area contributed by atoms with E-state index in [-0.39, 0.29) is 5.56 Å². The van der Waals surface area contributed by atoms with Crippen LogP contribution in [0.2, 0.25) is 0 Å². The first-order chi connectivity index (χ1) is 7.13. The van der Waals surface area contributed by atoms with Gasteiger partial charge in [-0.1, -0.05) is 6.07 Å². The van der Waals surface area contributed by atoms with Crippen LogP contribution in [-0.4, -0.2) is 13.1 Å². The van der Waals surface area contributed by atoms with Gasteiger partial charge in [0.2, 0.25) is 0 Å². The predicted molar refractivity (Wildman–Crippen MR) is 55.1 cm³/mol. The Morgan fingerprint density at radius 2 is 2.27 bits per heavy atom. The molecule has 1 rings (SSSR count). The van der Waals surface area contributed by atoms with Crippen molar-refractivity contribution in [2.24, 2.45) is 5.73 Å². The van der Waals surface area contributed by atoms with Gasteiger partial charge in [0.25, 0.3) is 0 Å². The molecule has 0 radical (unpaired) electrons. The summed E-state index contributed by atoms with van der Waals surface area (Å²) >= 11 is 0. The third kappa shape index (κ3) is 2.14. The highest BCUT2D eigenvalue weighted by Gasteiger charge is 2.14. The van der Waals surface area contributed by atoms with E-state index in [0.29, 0.717) is 12.1 Å². The molecule has 0 saturated carbocycles. The first-order valence-electron chi connectivity index (χ1n) is 4.46. The van der Waals surface area contributed by atoms with Crippen LogP contribution >= 0.6 is 0 Å². The van der Waals surface area contributed by atoms with Crippen LogP contribution in [0.3, 0.4) is 0 Å². The number of carbonyl (C=O) groups excluding carboxylic acids is 1. The highest BCUT2D eigenvalue weighted by atomic mass is 16.5. The molecule has 0 amide bonds. The predicted octanol–water partition coefficient (Wildman–Crippen LogP) is 1.11. The van der Waals surface area contributed by atoms with E-state index in [9.17, 15) is 4.79 Å². The van der Waals surface area contributed by atoms with Crippen molar-refractivity contribution in [3.63, 3.8) is 0 Å². The van der Waals surface area contributed by atoms with Gasteiger partial charge < -0.3 is 10.5 Å². The van der Waals surface area contributed by atoms with E-state index in [1.807, 2.05) is 6.07 Å². The zero-order chi connectivity index (χ0) is 11.4. The van der Waals surface area contributed by atoms with Crippen molar-refractivity contribution in [3.05, 3.63) is 34.4 Å². The normalized spacial score (nSPS) is 9.47. The van der Waals surface area contributed by atoms with Crippen LogP contribution in [0, 0.1) is 18.3 Å². The van der Waals surface area contributed by atoms with Crippen LogP contribution in [0.25, 0.3) is 0 Å². The number of nitrogens with zero attached hydrogens (tertiary/aromatic N) is 1. The van der Waals surface area contributed by atoms with E-state index in [0.717, 1.165) is 11.1 Å². The van der Waals surface area contributed by atoms with Gasteiger partial charge >= 0.3 is 5.97 Å². The SMILES string of the molecule is COC(=O)c1cc(CN)cc(C)c1C#N. The topological polar surface area (TPSA) is 76.1 Å². The molecule has 0 bridgehead atoms. The van der Waals surface area contributed by atoms with Crippen LogP contribution in [0.15, 0.2) is 12.1 Å². The molecule has 4 heteroatoms. The van der Waals surface area contributed by atoms with E-state index in [4.69, 9.17) is 11.0 Å². The molecule has 78 valence electrons. The molecule has 1 aromatic carbocycles. The highest BCUT2D eigenvalue weighted by Crippen LogP contribution is 2.17. The Hall–Kier alpha value is -1.86. The van der Waals surface area contributed by atoms with Gasteiger partial charge in [0.05, 0.1) is 18.2 Å². The fourth-order valence-corrected chi connectivity index (χ4v) is 1.40. The number of nitrogens with two attached hydrogens (primary N) is 1. The average Bonchev–Trinajstić information content (AvgIpc) is 2.26. The highest BCUT2D eigenvalue weighted by molar-refractivity contribution is 5.92. The number of hydrogen-bond donors (Lipinski definition) is 1. The first-order valence-corrected chi connectivity index (χ1v) is 4.46. The number of methoxy groups -OCH3 is 1. The minimum absolute atomic E-state index is 0.278. The van der Waals surface area contributed by atoms with Gasteiger partial charge in [-0.05, 0) is 24.1 Å². The van der Waals surface area contributed by atoms with Crippen LogP contribution in [0.4, 0.5) is 0 Å². The molecule has 0 unspecified atom stereocenters. The molecule has 0 atom stereocenters. The molecule has 0 heterocycles. The molecule has 2 N–H and O–H groups in total. The lowest BCUT2D eigenvalue weighted by Gasteiger charge is -2.07. The van der Waals surface area contributed by atoms with Crippen molar-refractivity contribution in [2.45, 2.75) is 13.5 Å². The summed E-state index contributed by atoms with van der Waals surface area (Å²) in [5.74, 6) is -0.509. The molecule has 0 fully saturated rings. The fourth-order valence-electron chi connectivity index (χ4n) is 1.40. The van der Waals surface area contributed by atoms with Crippen LogP contribution in [-0.2, 0) is 11.3 Å². The lowest BCUT2D eigenvalue weighted by Crippen LogP contribution is -2.08. The van der Waals surface area contributed by atoms with Crippen molar-refractivity contribution in [1.82, 2.24) is 0 Å². The molecule has 15 heavy (non-hydrogen) atoms. The quantitative estimate of drug-likeness (QED) is 0.732. The lowest BCUT2D eigenvalue weighted by molar-refractivity contribution is 0.0600. The largest absolute Gasteiger partial charge is 0.465 e. The number of aryl methyl sites for hydroxylation is 1. The number of nitriles is 1. The maximum absolute atomic E-state index is 11.4. The number of esters is 1. The molecule has 4 nitrogen and oxygen atoms in total. The maximum Gasteiger partial charge on any atom is 0.339 e. The molecule has 0 aliphatic rings. The second kappa shape index (κ2) is 4.58. The third-order valence-corrected chi connectivity index (χ3v) is 2.15. The Kier molecular flexibility index (Phi) is 3.42. The van der Waals surface area contributed by atoms with E-state index in [2.05, 4.69) is 4.74 Å². The lowest BCUT2D eigenvalue weighted by atomic mass is 9.99. The summed E-state index contributed by atoms with van der Waals surface area (Å²) in [4.78, 5) is 11.4. The summed E-state index contributed by atoms with van der Waals surface area (Å²) in [6.07, 6.45) is 0. The van der Waals surface area contributed by atoms with Gasteiger partial charge in [-0.3, -0.25) is 0 Å². The Morgan fingerprint density at radius 3 is 2.73 bits per heavy atom. The summed E-state index contributed by atoms with van der Waals surface area (Å²) in [7, 11) is 1.29. The molecule has 0 aliphatic heterocycles. The van der Waals surface area contributed by atoms with E-state index in [1.54, 1.807) is 19.1 Å². The van der Waals surface area contributed by atoms with Crippen molar-refractivity contribution >= 4 is 5.97 Å². The molecule has 0 saturated heterocycles. The Bertz CT molecular complexity index is 433. The number of hydrogen-bond acceptors (Lipinski definition) is 4. The molecular weight excluding hydrogens is 192 g/mol. The molecule has 1 aromatic rings. The number of rotatable bonds is 2. The second-order valence-corrected chi connectivity index (χ2v) is 3.14. The number of benzene rings is 1. The van der Waals surface area contributed by atoms with Crippen LogP contribution < -0.4 is 5.73 Å². The second-order valence-electron chi connectivity index (χ2n) is 3.14. The standard InChI is InChI=1S/C11H12N2O2/c1-7-3-8(5-12)4-9(10(7)6-13)11(14)15-2/h3-4H,5,12H2,1-2H3. The van der Waals surface area contributed by atoms with E-state index in [1.165, 1.54) is 7.11 Å². The fraction of sp³-hybridized carbons (Fsp3) is 0.273. The zero-order valence-electron chi connectivity index (χ0n) is 8.70. The van der Waals surface area contributed by atoms with Crippen LogP contribution in [0.1, 0.15) is 27.0 Å². The smallest absolute Gasteiger partial charge is 0.339 e. The van der Waals surface area contributed by atoms with E-state index >= 15 is 0 Å². The summed E-state index contributed by atoms with van der Waals surface area (Å²) < 4.78 is 4.60. The van der Waals surface area contributed by atoms with Gasteiger partial charge in [-0.15, -0.1) is 0 Å². The van der Waals surface area contributed by atoms with Gasteiger partial charge in [0.15, 0.2) is 0 Å². The Labute approximate surface area is 88.3 Å². The summed E-state index contributed by atoms with van der Waals surface area (Å²) in [6.45, 7) is 2.10. The Morgan fingerprint density at radius 1 is 1.60 bits per heavy atom. The summed E-state index contributed by atoms with van der Waals surface area (Å²) in [5.41, 5.74) is 7.66. The Balaban J connectivity index is 3.40. The van der Waals surface area contributed by atoms with Crippen molar-refractivity contribution < 1.29 is 9.53 Å². The zero-order valence-corrected chi connectivity index (χ0v) is 8.70. The van der Waals surface area contributed by atoms with E-state index < -0.39 is 5.97 Å². The first kappa shape index (κ1) is 11.2. The molecule has 0 aromatic heterocycles.